The Hall–Kier alpha value is -2.08. The quantitative estimate of drug-likeness (QED) is 0.713. The number of aryl methyl sites for hydroxylation is 1. The second-order valence-corrected chi connectivity index (χ2v) is 3.43. The first-order valence-corrected chi connectivity index (χ1v) is 5.28. The molecule has 0 amide bonds. The molecule has 0 radical (unpaired) electrons. The number of benzene rings is 1. The van der Waals surface area contributed by atoms with E-state index < -0.39 is 0 Å². The zero-order valence-electron chi connectivity index (χ0n) is 9.44. The summed E-state index contributed by atoms with van der Waals surface area (Å²) in [7, 11) is 0. The lowest BCUT2D eigenvalue weighted by Gasteiger charge is -1.99. The highest BCUT2D eigenvalue weighted by atomic mass is 15.4. The van der Waals surface area contributed by atoms with Gasteiger partial charge in [-0.2, -0.15) is 0 Å². The molecule has 16 heavy (non-hydrogen) atoms. The van der Waals surface area contributed by atoms with E-state index in [4.69, 9.17) is 0 Å². The molecule has 0 unspecified atom stereocenters. The molecule has 1 aromatic carbocycles. The predicted molar refractivity (Wildman–Crippen MR) is 63.3 cm³/mol. The molecule has 0 spiro atoms. The zero-order chi connectivity index (χ0) is 11.4. The van der Waals surface area contributed by atoms with Crippen molar-refractivity contribution in [2.24, 2.45) is 0 Å². The maximum Gasteiger partial charge on any atom is 0.0829 e. The topological polar surface area (TPSA) is 30.7 Å². The summed E-state index contributed by atoms with van der Waals surface area (Å²) in [5, 5.41) is 8.12. The van der Waals surface area contributed by atoms with Crippen LogP contribution in [0.4, 0.5) is 0 Å². The third-order valence-corrected chi connectivity index (χ3v) is 2.30. The molecule has 80 valence electrons. The second-order valence-electron chi connectivity index (χ2n) is 3.43. The minimum absolute atomic E-state index is 0.902. The fraction of sp³-hybridized carbons (Fsp3) is 0.231. The van der Waals surface area contributed by atoms with Gasteiger partial charge in [0.05, 0.1) is 17.6 Å². The number of hydrogen-bond acceptors (Lipinski definition) is 2. The van der Waals surface area contributed by atoms with Crippen LogP contribution in [-0.2, 0) is 6.42 Å². The van der Waals surface area contributed by atoms with Crippen LogP contribution in [0, 0.1) is 11.8 Å². The van der Waals surface area contributed by atoms with Gasteiger partial charge in [-0.3, -0.25) is 0 Å². The average molecular weight is 211 g/mol. The van der Waals surface area contributed by atoms with Crippen molar-refractivity contribution in [1.29, 1.82) is 0 Å². The zero-order valence-corrected chi connectivity index (χ0v) is 9.44. The minimum atomic E-state index is 0.902. The Bertz CT molecular complexity index is 526. The van der Waals surface area contributed by atoms with Crippen LogP contribution in [0.2, 0.25) is 0 Å². The van der Waals surface area contributed by atoms with Gasteiger partial charge in [0.2, 0.25) is 0 Å². The van der Waals surface area contributed by atoms with Gasteiger partial charge in [0, 0.05) is 5.56 Å². The summed E-state index contributed by atoms with van der Waals surface area (Å²) in [4.78, 5) is 0. The van der Waals surface area contributed by atoms with E-state index in [0.29, 0.717) is 0 Å². The molecular weight excluding hydrogens is 198 g/mol. The van der Waals surface area contributed by atoms with E-state index in [1.54, 1.807) is 4.68 Å². The Morgan fingerprint density at radius 2 is 2.00 bits per heavy atom. The first-order chi connectivity index (χ1) is 7.83. The van der Waals surface area contributed by atoms with Gasteiger partial charge in [0.15, 0.2) is 0 Å². The number of hydrogen-bond donors (Lipinski definition) is 0. The van der Waals surface area contributed by atoms with Crippen molar-refractivity contribution in [1.82, 2.24) is 15.0 Å². The number of aromatic nitrogens is 3. The van der Waals surface area contributed by atoms with Crippen molar-refractivity contribution in [3.05, 3.63) is 41.7 Å². The summed E-state index contributed by atoms with van der Waals surface area (Å²) in [5.74, 6) is 5.88. The molecule has 0 bridgehead atoms. The molecule has 0 N–H and O–H groups in total. The maximum absolute atomic E-state index is 4.06. The minimum Gasteiger partial charge on any atom is -0.220 e. The fourth-order valence-corrected chi connectivity index (χ4v) is 1.43. The molecule has 2 rings (SSSR count). The van der Waals surface area contributed by atoms with Crippen molar-refractivity contribution >= 4 is 0 Å². The van der Waals surface area contributed by atoms with E-state index >= 15 is 0 Å². The molecule has 0 atom stereocenters. The highest BCUT2D eigenvalue weighted by molar-refractivity contribution is 5.41. The van der Waals surface area contributed by atoms with E-state index in [-0.39, 0.29) is 0 Å². The molecule has 0 aliphatic carbocycles. The lowest BCUT2D eigenvalue weighted by Crippen LogP contribution is -1.94. The Morgan fingerprint density at radius 1 is 1.25 bits per heavy atom. The van der Waals surface area contributed by atoms with Gasteiger partial charge < -0.3 is 0 Å². The normalized spacial score (nSPS) is 9.62. The summed E-state index contributed by atoms with van der Waals surface area (Å²) in [6.45, 7) is 3.90. The van der Waals surface area contributed by atoms with Crippen LogP contribution in [0.5, 0.6) is 0 Å². The average Bonchev–Trinajstić information content (AvgIpc) is 2.79. The van der Waals surface area contributed by atoms with Gasteiger partial charge >= 0.3 is 0 Å². The Balaban J connectivity index is 2.29. The monoisotopic (exact) mass is 211 g/mol. The SMILES string of the molecule is CC#Cc1ccc(-n2cc(CC)nn2)cc1. The first kappa shape index (κ1) is 10.4. The maximum atomic E-state index is 4.06. The van der Waals surface area contributed by atoms with Crippen molar-refractivity contribution < 1.29 is 0 Å². The van der Waals surface area contributed by atoms with Gasteiger partial charge in [0.25, 0.3) is 0 Å². The van der Waals surface area contributed by atoms with Gasteiger partial charge in [-0.05, 0) is 37.6 Å². The highest BCUT2D eigenvalue weighted by Gasteiger charge is 2.00. The summed E-state index contributed by atoms with van der Waals surface area (Å²) < 4.78 is 1.78. The smallest absolute Gasteiger partial charge is 0.0829 e. The van der Waals surface area contributed by atoms with Gasteiger partial charge in [0.1, 0.15) is 0 Å². The predicted octanol–water partition coefficient (Wildman–Crippen LogP) is 2.20. The Kier molecular flexibility index (Phi) is 3.02. The summed E-state index contributed by atoms with van der Waals surface area (Å²) in [6.07, 6.45) is 2.85. The molecule has 0 saturated carbocycles. The van der Waals surface area contributed by atoms with E-state index in [0.717, 1.165) is 23.4 Å². The van der Waals surface area contributed by atoms with Crippen LogP contribution in [0.3, 0.4) is 0 Å². The summed E-state index contributed by atoms with van der Waals surface area (Å²) >= 11 is 0. The van der Waals surface area contributed by atoms with E-state index in [1.165, 1.54) is 0 Å². The first-order valence-electron chi connectivity index (χ1n) is 5.28. The number of nitrogens with zero attached hydrogens (tertiary/aromatic N) is 3. The van der Waals surface area contributed by atoms with Gasteiger partial charge in [-0.1, -0.05) is 18.1 Å². The molecule has 0 saturated heterocycles. The molecule has 3 nitrogen and oxygen atoms in total. The Labute approximate surface area is 95.1 Å². The summed E-state index contributed by atoms with van der Waals surface area (Å²) in [5.41, 5.74) is 3.02. The van der Waals surface area contributed by atoms with E-state index in [2.05, 4.69) is 29.1 Å². The molecular formula is C13H13N3. The lowest BCUT2D eigenvalue weighted by molar-refractivity contribution is 0.798. The van der Waals surface area contributed by atoms with Gasteiger partial charge in [-0.15, -0.1) is 11.0 Å². The third-order valence-electron chi connectivity index (χ3n) is 2.30. The van der Waals surface area contributed by atoms with Crippen LogP contribution in [0.15, 0.2) is 30.5 Å². The van der Waals surface area contributed by atoms with E-state index in [9.17, 15) is 0 Å². The van der Waals surface area contributed by atoms with Crippen LogP contribution in [0.1, 0.15) is 25.1 Å². The van der Waals surface area contributed by atoms with Crippen LogP contribution in [-0.4, -0.2) is 15.0 Å². The fourth-order valence-electron chi connectivity index (χ4n) is 1.43. The van der Waals surface area contributed by atoms with Crippen molar-refractivity contribution in [2.75, 3.05) is 0 Å². The largest absolute Gasteiger partial charge is 0.220 e. The molecule has 2 aromatic rings. The molecule has 0 aliphatic heterocycles. The lowest BCUT2D eigenvalue weighted by atomic mass is 10.2. The molecule has 0 aliphatic rings. The molecule has 3 heteroatoms. The van der Waals surface area contributed by atoms with E-state index in [1.807, 2.05) is 37.4 Å². The second kappa shape index (κ2) is 4.63. The van der Waals surface area contributed by atoms with Crippen molar-refractivity contribution in [2.45, 2.75) is 20.3 Å². The van der Waals surface area contributed by atoms with Crippen LogP contribution in [0.25, 0.3) is 5.69 Å². The third kappa shape index (κ3) is 2.12. The molecule has 1 heterocycles. The Morgan fingerprint density at radius 3 is 2.56 bits per heavy atom. The number of rotatable bonds is 2. The molecule has 0 fully saturated rings. The van der Waals surface area contributed by atoms with Crippen molar-refractivity contribution in [3.63, 3.8) is 0 Å². The van der Waals surface area contributed by atoms with Crippen LogP contribution >= 0.6 is 0 Å². The summed E-state index contributed by atoms with van der Waals surface area (Å²) in [6, 6.07) is 7.96. The highest BCUT2D eigenvalue weighted by Crippen LogP contribution is 2.08. The van der Waals surface area contributed by atoms with Crippen LogP contribution < -0.4 is 0 Å². The van der Waals surface area contributed by atoms with Crippen molar-refractivity contribution in [3.8, 4) is 17.5 Å². The molecule has 1 aromatic heterocycles. The standard InChI is InChI=1S/C13H13N3/c1-3-5-11-6-8-13(9-7-11)16-10-12(4-2)14-15-16/h6-10H,4H2,1-2H3. The van der Waals surface area contributed by atoms with Gasteiger partial charge in [-0.25, -0.2) is 4.68 Å².